The Morgan fingerprint density at radius 3 is 3.00 bits per heavy atom. The lowest BCUT2D eigenvalue weighted by Gasteiger charge is -2.28. The molecular weight excluding hydrogens is 202 g/mol. The van der Waals surface area contributed by atoms with Gasteiger partial charge in [0.1, 0.15) is 5.82 Å². The summed E-state index contributed by atoms with van der Waals surface area (Å²) in [5.74, 6) is 0.913. The van der Waals surface area contributed by atoms with E-state index in [1.807, 2.05) is 12.1 Å². The summed E-state index contributed by atoms with van der Waals surface area (Å²) in [5, 5.41) is 0. The molecule has 1 aromatic heterocycles. The first-order valence-electron chi connectivity index (χ1n) is 5.70. The van der Waals surface area contributed by atoms with Gasteiger partial charge in [0.2, 0.25) is 0 Å². The highest BCUT2D eigenvalue weighted by Crippen LogP contribution is 2.05. The standard InChI is InChI=1S/C12H18N3O/c1-14(12-4-2-3-5-13-12)6-7-15-8-10-16-11-9-15/h2-3,5H,6-11H2,1H3. The molecule has 16 heavy (non-hydrogen) atoms. The van der Waals surface area contributed by atoms with Crippen LogP contribution in [0.25, 0.3) is 0 Å². The lowest BCUT2D eigenvalue weighted by Crippen LogP contribution is -2.40. The van der Waals surface area contributed by atoms with Crippen LogP contribution in [0.2, 0.25) is 0 Å². The molecule has 0 aromatic carbocycles. The second-order valence-electron chi connectivity index (χ2n) is 3.98. The fourth-order valence-electron chi connectivity index (χ4n) is 1.75. The number of anilines is 1. The lowest BCUT2D eigenvalue weighted by atomic mass is 10.4. The van der Waals surface area contributed by atoms with E-state index in [2.05, 4.69) is 27.9 Å². The van der Waals surface area contributed by atoms with Crippen LogP contribution in [0.3, 0.4) is 0 Å². The molecule has 1 saturated heterocycles. The van der Waals surface area contributed by atoms with Crippen molar-refractivity contribution in [2.75, 3.05) is 51.3 Å². The highest BCUT2D eigenvalue weighted by atomic mass is 16.5. The normalized spacial score (nSPS) is 17.3. The van der Waals surface area contributed by atoms with Crippen LogP contribution >= 0.6 is 0 Å². The minimum Gasteiger partial charge on any atom is -0.379 e. The van der Waals surface area contributed by atoms with Crippen LogP contribution in [-0.4, -0.2) is 56.3 Å². The van der Waals surface area contributed by atoms with E-state index in [-0.39, 0.29) is 0 Å². The minimum absolute atomic E-state index is 0.861. The Bertz CT molecular complexity index is 298. The van der Waals surface area contributed by atoms with Gasteiger partial charge in [-0.15, -0.1) is 0 Å². The molecular formula is C12H18N3O. The molecule has 1 aliphatic heterocycles. The fourth-order valence-corrected chi connectivity index (χ4v) is 1.75. The molecule has 1 radical (unpaired) electrons. The smallest absolute Gasteiger partial charge is 0.136 e. The number of pyridine rings is 1. The van der Waals surface area contributed by atoms with E-state index < -0.39 is 0 Å². The number of hydrogen-bond donors (Lipinski definition) is 0. The van der Waals surface area contributed by atoms with Gasteiger partial charge in [0.15, 0.2) is 0 Å². The van der Waals surface area contributed by atoms with Crippen LogP contribution in [0.5, 0.6) is 0 Å². The van der Waals surface area contributed by atoms with Gasteiger partial charge < -0.3 is 9.64 Å². The Labute approximate surface area is 96.8 Å². The van der Waals surface area contributed by atoms with Crippen LogP contribution in [0.1, 0.15) is 0 Å². The van der Waals surface area contributed by atoms with Crippen molar-refractivity contribution >= 4 is 5.82 Å². The number of rotatable bonds is 4. The van der Waals surface area contributed by atoms with Gasteiger partial charge in [0.25, 0.3) is 0 Å². The second-order valence-corrected chi connectivity index (χ2v) is 3.98. The Balaban J connectivity index is 1.77. The third-order valence-corrected chi connectivity index (χ3v) is 2.81. The first-order chi connectivity index (χ1) is 7.86. The Morgan fingerprint density at radius 1 is 1.50 bits per heavy atom. The van der Waals surface area contributed by atoms with Crippen molar-refractivity contribution in [1.29, 1.82) is 0 Å². The van der Waals surface area contributed by atoms with E-state index >= 15 is 0 Å². The minimum atomic E-state index is 0.861. The molecule has 2 heterocycles. The van der Waals surface area contributed by atoms with Crippen LogP contribution in [0, 0.1) is 6.07 Å². The van der Waals surface area contributed by atoms with Crippen molar-refractivity contribution in [2.24, 2.45) is 0 Å². The molecule has 0 amide bonds. The third-order valence-electron chi connectivity index (χ3n) is 2.81. The number of hydrogen-bond acceptors (Lipinski definition) is 4. The van der Waals surface area contributed by atoms with Crippen molar-refractivity contribution in [2.45, 2.75) is 0 Å². The van der Waals surface area contributed by atoms with Crippen LogP contribution in [0.15, 0.2) is 18.3 Å². The average molecular weight is 220 g/mol. The third kappa shape index (κ3) is 3.18. The zero-order chi connectivity index (χ0) is 11.2. The monoisotopic (exact) mass is 220 g/mol. The van der Waals surface area contributed by atoms with E-state index in [4.69, 9.17) is 4.74 Å². The summed E-state index contributed by atoms with van der Waals surface area (Å²) >= 11 is 0. The summed E-state index contributed by atoms with van der Waals surface area (Å²) in [6, 6.07) is 6.91. The maximum absolute atomic E-state index is 5.32. The highest BCUT2D eigenvalue weighted by molar-refractivity contribution is 5.34. The van der Waals surface area contributed by atoms with Gasteiger partial charge in [-0.3, -0.25) is 4.90 Å². The van der Waals surface area contributed by atoms with Gasteiger partial charge in [-0.05, 0) is 12.1 Å². The Morgan fingerprint density at radius 2 is 2.31 bits per heavy atom. The number of nitrogens with zero attached hydrogens (tertiary/aromatic N) is 3. The molecule has 1 fully saturated rings. The van der Waals surface area contributed by atoms with Crippen LogP contribution < -0.4 is 4.90 Å². The van der Waals surface area contributed by atoms with E-state index in [1.54, 1.807) is 6.20 Å². The summed E-state index contributed by atoms with van der Waals surface area (Å²) < 4.78 is 5.32. The number of likely N-dealkylation sites (N-methyl/N-ethyl adjacent to an activating group) is 1. The van der Waals surface area contributed by atoms with Crippen molar-refractivity contribution in [3.63, 3.8) is 0 Å². The van der Waals surface area contributed by atoms with Gasteiger partial charge in [-0.1, -0.05) is 0 Å². The summed E-state index contributed by atoms with van der Waals surface area (Å²) in [4.78, 5) is 8.82. The molecule has 0 N–H and O–H groups in total. The number of morpholine rings is 1. The molecule has 0 saturated carbocycles. The van der Waals surface area contributed by atoms with E-state index in [9.17, 15) is 0 Å². The predicted octanol–water partition coefficient (Wildman–Crippen LogP) is 0.650. The lowest BCUT2D eigenvalue weighted by molar-refractivity contribution is 0.0392. The van der Waals surface area contributed by atoms with E-state index in [0.29, 0.717) is 0 Å². The largest absolute Gasteiger partial charge is 0.379 e. The molecule has 0 aliphatic carbocycles. The van der Waals surface area contributed by atoms with Gasteiger partial charge >= 0.3 is 0 Å². The molecule has 0 bridgehead atoms. The zero-order valence-electron chi connectivity index (χ0n) is 9.72. The summed E-state index contributed by atoms with van der Waals surface area (Å²) in [6.45, 7) is 5.84. The molecule has 0 spiro atoms. The molecule has 1 aliphatic rings. The molecule has 2 rings (SSSR count). The van der Waals surface area contributed by atoms with Gasteiger partial charge in [-0.25, -0.2) is 4.98 Å². The maximum Gasteiger partial charge on any atom is 0.136 e. The summed E-state index contributed by atoms with van der Waals surface area (Å²) in [7, 11) is 2.05. The maximum atomic E-state index is 5.32. The van der Waals surface area contributed by atoms with Crippen molar-refractivity contribution in [3.05, 3.63) is 24.4 Å². The van der Waals surface area contributed by atoms with E-state index in [0.717, 1.165) is 45.2 Å². The Kier molecular flexibility index (Phi) is 4.13. The quantitative estimate of drug-likeness (QED) is 0.745. The highest BCUT2D eigenvalue weighted by Gasteiger charge is 2.11. The zero-order valence-corrected chi connectivity index (χ0v) is 9.72. The second kappa shape index (κ2) is 5.82. The molecule has 4 heteroatoms. The summed E-state index contributed by atoms with van der Waals surface area (Å²) in [6.07, 6.45) is 1.80. The molecule has 4 nitrogen and oxygen atoms in total. The van der Waals surface area contributed by atoms with Crippen LogP contribution in [-0.2, 0) is 4.74 Å². The number of ether oxygens (including phenoxy) is 1. The first kappa shape index (κ1) is 11.4. The molecule has 0 unspecified atom stereocenters. The topological polar surface area (TPSA) is 28.6 Å². The van der Waals surface area contributed by atoms with Gasteiger partial charge in [0, 0.05) is 45.5 Å². The SMILES string of the molecule is CN(CCN1CCOCC1)c1[c]cccn1. The van der Waals surface area contributed by atoms with Crippen LogP contribution in [0.4, 0.5) is 5.82 Å². The van der Waals surface area contributed by atoms with E-state index in [1.165, 1.54) is 0 Å². The Hall–Kier alpha value is -1.13. The average Bonchev–Trinajstić information content (AvgIpc) is 2.38. The van der Waals surface area contributed by atoms with Gasteiger partial charge in [-0.2, -0.15) is 0 Å². The molecule has 1 aromatic rings. The predicted molar refractivity (Wildman–Crippen MR) is 63.6 cm³/mol. The fraction of sp³-hybridized carbons (Fsp3) is 0.583. The molecule has 0 atom stereocenters. The van der Waals surface area contributed by atoms with Crippen molar-refractivity contribution in [3.8, 4) is 0 Å². The van der Waals surface area contributed by atoms with Crippen molar-refractivity contribution < 1.29 is 4.74 Å². The molecule has 87 valence electrons. The summed E-state index contributed by atoms with van der Waals surface area (Å²) in [5.41, 5.74) is 0. The first-order valence-corrected chi connectivity index (χ1v) is 5.70. The number of aromatic nitrogens is 1. The van der Waals surface area contributed by atoms with Crippen molar-refractivity contribution in [1.82, 2.24) is 9.88 Å². The van der Waals surface area contributed by atoms with Gasteiger partial charge in [0.05, 0.1) is 13.2 Å².